The largest absolute Gasteiger partial charge is 0.463 e. The van der Waals surface area contributed by atoms with E-state index >= 15 is 0 Å². The second-order valence-corrected chi connectivity index (χ2v) is 6.88. The molecule has 10 heteroatoms. The molecule has 0 amide bonds. The van der Waals surface area contributed by atoms with Crippen LogP contribution in [0.15, 0.2) is 32.9 Å². The van der Waals surface area contributed by atoms with Crippen LogP contribution in [0.4, 0.5) is 4.39 Å². The molecular weight excluding hydrogens is 393 g/mol. The lowest BCUT2D eigenvalue weighted by molar-refractivity contribution is -0.166. The van der Waals surface area contributed by atoms with E-state index in [1.807, 2.05) is 0 Å². The summed E-state index contributed by atoms with van der Waals surface area (Å²) in [5.74, 6) is -1.46. The maximum absolute atomic E-state index is 14.5. The Hall–Kier alpha value is -2.94. The zero-order valence-electron chi connectivity index (χ0n) is 15.3. The Morgan fingerprint density at radius 2 is 2.14 bits per heavy atom. The molecule has 0 radical (unpaired) electrons. The summed E-state index contributed by atoms with van der Waals surface area (Å²) >= 11 is 6.14. The number of carbonyl (C=O) groups excluding carboxylic acids is 1. The average molecular weight is 410 g/mol. The minimum absolute atomic E-state index is 0.00621. The quantitative estimate of drug-likeness (QED) is 0.779. The molecule has 28 heavy (non-hydrogen) atoms. The summed E-state index contributed by atoms with van der Waals surface area (Å²) in [6.45, 7) is 4.89. The van der Waals surface area contributed by atoms with Crippen LogP contribution in [0.5, 0.6) is 0 Å². The summed E-state index contributed by atoms with van der Waals surface area (Å²) in [7, 11) is 0. The van der Waals surface area contributed by atoms with Crippen LogP contribution in [-0.2, 0) is 14.4 Å². The van der Waals surface area contributed by atoms with E-state index in [0.29, 0.717) is 10.3 Å². The van der Waals surface area contributed by atoms with E-state index in [-0.39, 0.29) is 35.0 Å². The summed E-state index contributed by atoms with van der Waals surface area (Å²) < 4.78 is 20.1. The SMILES string of the molecule is CCOC(=O)C1(C)CC(c2cc(-n3c(=O)cc(C)[nH]c3=O)c(F)cc2Cl)=NO1. The summed E-state index contributed by atoms with van der Waals surface area (Å²) in [4.78, 5) is 44.2. The normalized spacial score (nSPS) is 18.5. The number of carbonyl (C=O) groups is 1. The van der Waals surface area contributed by atoms with Crippen LogP contribution in [0, 0.1) is 12.7 Å². The number of halogens is 2. The molecule has 2 heterocycles. The van der Waals surface area contributed by atoms with Gasteiger partial charge in [0.2, 0.25) is 5.60 Å². The topological polar surface area (TPSA) is 103 Å². The van der Waals surface area contributed by atoms with Crippen molar-refractivity contribution in [2.24, 2.45) is 5.16 Å². The monoisotopic (exact) mass is 409 g/mol. The molecule has 3 rings (SSSR count). The number of aromatic amines is 1. The highest BCUT2D eigenvalue weighted by molar-refractivity contribution is 6.34. The van der Waals surface area contributed by atoms with E-state index in [4.69, 9.17) is 21.2 Å². The molecule has 1 aliphatic rings. The second kappa shape index (κ2) is 7.23. The highest BCUT2D eigenvalue weighted by atomic mass is 35.5. The van der Waals surface area contributed by atoms with E-state index in [0.717, 1.165) is 6.07 Å². The lowest BCUT2D eigenvalue weighted by Crippen LogP contribution is -2.37. The Morgan fingerprint density at radius 3 is 2.79 bits per heavy atom. The van der Waals surface area contributed by atoms with Crippen LogP contribution < -0.4 is 11.2 Å². The Bertz CT molecular complexity index is 1080. The number of oxime groups is 1. The molecule has 8 nitrogen and oxygen atoms in total. The zero-order chi connectivity index (χ0) is 20.6. The Morgan fingerprint density at radius 1 is 1.43 bits per heavy atom. The lowest BCUT2D eigenvalue weighted by atomic mass is 9.95. The Labute approximate surface area is 163 Å². The molecule has 2 aromatic rings. The van der Waals surface area contributed by atoms with E-state index < -0.39 is 28.6 Å². The number of hydrogen-bond acceptors (Lipinski definition) is 6. The first-order valence-electron chi connectivity index (χ1n) is 8.41. The minimum Gasteiger partial charge on any atom is -0.463 e. The van der Waals surface area contributed by atoms with Gasteiger partial charge in [0.05, 0.1) is 23.0 Å². The van der Waals surface area contributed by atoms with Gasteiger partial charge in [0.25, 0.3) is 5.56 Å². The lowest BCUT2D eigenvalue weighted by Gasteiger charge is -2.18. The number of nitrogens with one attached hydrogen (secondary N) is 1. The van der Waals surface area contributed by atoms with Crippen molar-refractivity contribution in [1.29, 1.82) is 0 Å². The third-order valence-electron chi connectivity index (χ3n) is 4.23. The molecule has 1 N–H and O–H groups in total. The van der Waals surface area contributed by atoms with Gasteiger partial charge in [-0.15, -0.1) is 0 Å². The van der Waals surface area contributed by atoms with Gasteiger partial charge in [0.15, 0.2) is 0 Å². The van der Waals surface area contributed by atoms with Crippen LogP contribution in [-0.4, -0.2) is 33.4 Å². The van der Waals surface area contributed by atoms with Gasteiger partial charge in [-0.05, 0) is 32.9 Å². The fourth-order valence-electron chi connectivity index (χ4n) is 2.85. The molecule has 1 atom stereocenters. The standard InChI is InChI=1S/C18H17ClFN3O5/c1-4-27-16(25)18(3)8-13(22-28-18)10-6-14(12(20)7-11(10)19)23-15(24)5-9(2)21-17(23)26/h5-7H,4,8H2,1-3H3,(H,21,26). The molecule has 0 fully saturated rings. The number of ether oxygens (including phenoxy) is 1. The van der Waals surface area contributed by atoms with E-state index in [1.54, 1.807) is 6.92 Å². The fraction of sp³-hybridized carbons (Fsp3) is 0.333. The van der Waals surface area contributed by atoms with Crippen molar-refractivity contribution >= 4 is 23.3 Å². The summed E-state index contributed by atoms with van der Waals surface area (Å²) in [5.41, 5.74) is -2.29. The molecular formula is C18H17ClFN3O5. The molecule has 1 aliphatic heterocycles. The van der Waals surface area contributed by atoms with Crippen LogP contribution in [0.2, 0.25) is 5.02 Å². The molecule has 0 bridgehead atoms. The first-order chi connectivity index (χ1) is 13.2. The fourth-order valence-corrected chi connectivity index (χ4v) is 3.11. The van der Waals surface area contributed by atoms with E-state index in [2.05, 4.69) is 10.1 Å². The summed E-state index contributed by atoms with van der Waals surface area (Å²) in [5, 5.41) is 3.88. The number of aryl methyl sites for hydroxylation is 1. The van der Waals surface area contributed by atoms with Crippen molar-refractivity contribution in [1.82, 2.24) is 9.55 Å². The molecule has 1 unspecified atom stereocenters. The van der Waals surface area contributed by atoms with Gasteiger partial charge in [-0.25, -0.2) is 18.5 Å². The van der Waals surface area contributed by atoms with Crippen LogP contribution >= 0.6 is 11.6 Å². The van der Waals surface area contributed by atoms with Gasteiger partial charge in [-0.3, -0.25) is 4.79 Å². The maximum atomic E-state index is 14.5. The van der Waals surface area contributed by atoms with Gasteiger partial charge >= 0.3 is 11.7 Å². The van der Waals surface area contributed by atoms with Gasteiger partial charge in [-0.1, -0.05) is 16.8 Å². The molecule has 0 spiro atoms. The first-order valence-corrected chi connectivity index (χ1v) is 8.79. The highest BCUT2D eigenvalue weighted by Crippen LogP contribution is 2.32. The number of H-pyrrole nitrogens is 1. The molecule has 1 aromatic heterocycles. The van der Waals surface area contributed by atoms with Crippen molar-refractivity contribution in [3.05, 3.63) is 61.1 Å². The third-order valence-corrected chi connectivity index (χ3v) is 4.54. The molecule has 1 aromatic carbocycles. The highest BCUT2D eigenvalue weighted by Gasteiger charge is 2.44. The van der Waals surface area contributed by atoms with E-state index in [1.165, 1.54) is 26.0 Å². The number of aromatic nitrogens is 2. The molecule has 0 saturated carbocycles. The average Bonchev–Trinajstić information content (AvgIpc) is 2.99. The molecule has 0 saturated heterocycles. The van der Waals surface area contributed by atoms with Crippen LogP contribution in [0.3, 0.4) is 0 Å². The number of esters is 1. The van der Waals surface area contributed by atoms with Crippen molar-refractivity contribution in [2.75, 3.05) is 6.61 Å². The maximum Gasteiger partial charge on any atom is 0.353 e. The zero-order valence-corrected chi connectivity index (χ0v) is 16.1. The summed E-state index contributed by atoms with van der Waals surface area (Å²) in [6.07, 6.45) is 0.0236. The Kier molecular flexibility index (Phi) is 5.12. The van der Waals surface area contributed by atoms with Crippen LogP contribution in [0.1, 0.15) is 31.5 Å². The van der Waals surface area contributed by atoms with E-state index in [9.17, 15) is 18.8 Å². The molecule has 148 valence electrons. The van der Waals surface area contributed by atoms with Gasteiger partial charge < -0.3 is 14.6 Å². The first kappa shape index (κ1) is 19.8. The smallest absolute Gasteiger partial charge is 0.353 e. The molecule has 0 aliphatic carbocycles. The predicted octanol–water partition coefficient (Wildman–Crippen LogP) is 2.07. The van der Waals surface area contributed by atoms with Crippen LogP contribution in [0.25, 0.3) is 5.69 Å². The van der Waals surface area contributed by atoms with Crippen molar-refractivity contribution in [3.63, 3.8) is 0 Å². The van der Waals surface area contributed by atoms with Crippen molar-refractivity contribution in [2.45, 2.75) is 32.8 Å². The third kappa shape index (κ3) is 3.45. The number of nitrogens with zero attached hydrogens (tertiary/aromatic N) is 2. The van der Waals surface area contributed by atoms with Gasteiger partial charge in [-0.2, -0.15) is 0 Å². The number of benzene rings is 1. The number of hydrogen-bond donors (Lipinski definition) is 1. The minimum atomic E-state index is -1.35. The van der Waals surface area contributed by atoms with Gasteiger partial charge in [0, 0.05) is 23.7 Å². The predicted molar refractivity (Wildman–Crippen MR) is 99.6 cm³/mol. The Balaban J connectivity index is 2.07. The van der Waals surface area contributed by atoms with Crippen molar-refractivity contribution in [3.8, 4) is 5.69 Å². The summed E-state index contributed by atoms with van der Waals surface area (Å²) in [6, 6.07) is 3.37. The second-order valence-electron chi connectivity index (χ2n) is 6.47. The van der Waals surface area contributed by atoms with Crippen molar-refractivity contribution < 1.29 is 18.8 Å². The number of rotatable bonds is 4. The van der Waals surface area contributed by atoms with Gasteiger partial charge in [0.1, 0.15) is 5.82 Å².